The van der Waals surface area contributed by atoms with E-state index >= 15 is 0 Å². The minimum Gasteiger partial charge on any atom is -0.398 e. The summed E-state index contributed by atoms with van der Waals surface area (Å²) < 4.78 is 0. The summed E-state index contributed by atoms with van der Waals surface area (Å²) in [5.74, 6) is 4.94. The fourth-order valence-corrected chi connectivity index (χ4v) is 0.709. The van der Waals surface area contributed by atoms with Crippen molar-refractivity contribution in [2.45, 2.75) is 0 Å². The highest BCUT2D eigenvalue weighted by atomic mass is 15.1. The zero-order valence-electron chi connectivity index (χ0n) is 5.49. The number of benzene rings is 1. The first-order valence-electron chi connectivity index (χ1n) is 2.92. The summed E-state index contributed by atoms with van der Waals surface area (Å²) >= 11 is 0. The number of rotatable bonds is 1. The number of para-hydroxylation sites is 1. The summed E-state index contributed by atoms with van der Waals surface area (Å²) in [6, 6.07) is 7.40. The van der Waals surface area contributed by atoms with Crippen molar-refractivity contribution < 1.29 is 0 Å². The highest BCUT2D eigenvalue weighted by Crippen LogP contribution is 2.06. The largest absolute Gasteiger partial charge is 0.398 e. The van der Waals surface area contributed by atoms with E-state index in [0.29, 0.717) is 5.69 Å². The number of hydrazone groups is 1. The monoisotopic (exact) mass is 135 g/mol. The van der Waals surface area contributed by atoms with Gasteiger partial charge in [-0.15, -0.1) is 0 Å². The molecule has 0 atom stereocenters. The van der Waals surface area contributed by atoms with Gasteiger partial charge in [0, 0.05) is 11.3 Å². The maximum absolute atomic E-state index is 5.56. The molecule has 3 heteroatoms. The number of nitrogens with zero attached hydrogens (tertiary/aromatic N) is 1. The van der Waals surface area contributed by atoms with Crippen LogP contribution in [0, 0.1) is 0 Å². The van der Waals surface area contributed by atoms with Crippen LogP contribution in [0.4, 0.5) is 5.69 Å². The highest BCUT2D eigenvalue weighted by molar-refractivity contribution is 5.86. The van der Waals surface area contributed by atoms with Crippen LogP contribution in [0.3, 0.4) is 0 Å². The van der Waals surface area contributed by atoms with Gasteiger partial charge in [0.05, 0.1) is 6.21 Å². The Hall–Kier alpha value is -1.51. The molecule has 0 fully saturated rings. The third kappa shape index (κ3) is 1.25. The Bertz CT molecular complexity index is 242. The van der Waals surface area contributed by atoms with Crippen molar-refractivity contribution in [1.82, 2.24) is 0 Å². The van der Waals surface area contributed by atoms with Crippen LogP contribution in [0.5, 0.6) is 0 Å². The molecule has 1 aromatic rings. The Labute approximate surface area is 59.3 Å². The summed E-state index contributed by atoms with van der Waals surface area (Å²) in [6.07, 6.45) is 1.52. The van der Waals surface area contributed by atoms with E-state index in [-0.39, 0.29) is 0 Å². The summed E-state index contributed by atoms with van der Waals surface area (Å²) in [4.78, 5) is 0. The predicted molar refractivity (Wildman–Crippen MR) is 42.6 cm³/mol. The molecule has 0 saturated carbocycles. The van der Waals surface area contributed by atoms with Crippen LogP contribution in [0.1, 0.15) is 5.56 Å². The molecule has 0 amide bonds. The van der Waals surface area contributed by atoms with Crippen LogP contribution >= 0.6 is 0 Å². The summed E-state index contributed by atoms with van der Waals surface area (Å²) in [6.45, 7) is 0. The van der Waals surface area contributed by atoms with Gasteiger partial charge in [-0.25, -0.2) is 0 Å². The van der Waals surface area contributed by atoms with Gasteiger partial charge in [0.15, 0.2) is 0 Å². The second-order valence-corrected chi connectivity index (χ2v) is 1.91. The minimum absolute atomic E-state index is 0.691. The molecule has 0 aromatic heterocycles. The molecule has 52 valence electrons. The molecule has 4 N–H and O–H groups in total. The molecule has 0 spiro atoms. The Morgan fingerprint density at radius 1 is 1.30 bits per heavy atom. The lowest BCUT2D eigenvalue weighted by Gasteiger charge is -1.95. The maximum atomic E-state index is 5.56. The molecule has 0 aliphatic carbocycles. The molecule has 1 aromatic carbocycles. The highest BCUT2D eigenvalue weighted by Gasteiger charge is 1.90. The summed E-state index contributed by atoms with van der Waals surface area (Å²) in [5, 5.41) is 3.36. The van der Waals surface area contributed by atoms with E-state index in [1.165, 1.54) is 6.21 Å². The fourth-order valence-electron chi connectivity index (χ4n) is 0.709. The first-order valence-corrected chi connectivity index (χ1v) is 2.92. The molecule has 10 heavy (non-hydrogen) atoms. The average Bonchev–Trinajstić information content (AvgIpc) is 1.94. The zero-order chi connectivity index (χ0) is 7.40. The van der Waals surface area contributed by atoms with Gasteiger partial charge >= 0.3 is 0 Å². The predicted octanol–water partition coefficient (Wildman–Crippen LogP) is 0.561. The van der Waals surface area contributed by atoms with Gasteiger partial charge in [-0.1, -0.05) is 18.2 Å². The van der Waals surface area contributed by atoms with E-state index in [2.05, 4.69) is 5.10 Å². The van der Waals surface area contributed by atoms with Crippen molar-refractivity contribution in [2.75, 3.05) is 5.73 Å². The molecule has 0 bridgehead atoms. The molecular formula is C7H9N3. The van der Waals surface area contributed by atoms with E-state index < -0.39 is 0 Å². The second-order valence-electron chi connectivity index (χ2n) is 1.91. The quantitative estimate of drug-likeness (QED) is 0.256. The van der Waals surface area contributed by atoms with Crippen molar-refractivity contribution in [3.8, 4) is 0 Å². The molecule has 1 rings (SSSR count). The van der Waals surface area contributed by atoms with Gasteiger partial charge < -0.3 is 11.6 Å². The zero-order valence-corrected chi connectivity index (χ0v) is 5.49. The molecule has 0 aliphatic rings. The van der Waals surface area contributed by atoms with E-state index in [9.17, 15) is 0 Å². The van der Waals surface area contributed by atoms with Crippen LogP contribution in [0.15, 0.2) is 29.4 Å². The third-order valence-electron chi connectivity index (χ3n) is 1.21. The average molecular weight is 135 g/mol. The lowest BCUT2D eigenvalue weighted by Crippen LogP contribution is -1.93. The lowest BCUT2D eigenvalue weighted by atomic mass is 10.2. The van der Waals surface area contributed by atoms with Crippen molar-refractivity contribution in [3.63, 3.8) is 0 Å². The number of hydrogen-bond donors (Lipinski definition) is 2. The van der Waals surface area contributed by atoms with Gasteiger partial charge in [-0.3, -0.25) is 0 Å². The SMILES string of the molecule is N/N=C/c1ccccc1N. The molecule has 0 unspecified atom stereocenters. The standard InChI is InChI=1S/C7H9N3/c8-7-4-2-1-3-6(7)5-10-9/h1-5H,8-9H2/b10-5+. The Kier molecular flexibility index (Phi) is 1.89. The van der Waals surface area contributed by atoms with Gasteiger partial charge in [-0.05, 0) is 6.07 Å². The molecule has 0 heterocycles. The van der Waals surface area contributed by atoms with Crippen molar-refractivity contribution in [1.29, 1.82) is 0 Å². The summed E-state index contributed by atoms with van der Waals surface area (Å²) in [7, 11) is 0. The van der Waals surface area contributed by atoms with Crippen LogP contribution in [-0.4, -0.2) is 6.21 Å². The lowest BCUT2D eigenvalue weighted by molar-refractivity contribution is 1.26. The molecule has 0 radical (unpaired) electrons. The fraction of sp³-hybridized carbons (Fsp3) is 0. The maximum Gasteiger partial charge on any atom is 0.0558 e. The van der Waals surface area contributed by atoms with E-state index in [1.807, 2.05) is 18.2 Å². The Morgan fingerprint density at radius 2 is 2.00 bits per heavy atom. The topological polar surface area (TPSA) is 64.4 Å². The van der Waals surface area contributed by atoms with Crippen LogP contribution < -0.4 is 11.6 Å². The van der Waals surface area contributed by atoms with Crippen LogP contribution in [0.25, 0.3) is 0 Å². The van der Waals surface area contributed by atoms with Crippen molar-refractivity contribution >= 4 is 11.9 Å². The minimum atomic E-state index is 0.691. The molecule has 3 nitrogen and oxygen atoms in total. The smallest absolute Gasteiger partial charge is 0.0558 e. The summed E-state index contributed by atoms with van der Waals surface area (Å²) in [5.41, 5.74) is 7.10. The Morgan fingerprint density at radius 3 is 2.60 bits per heavy atom. The number of hydrogen-bond acceptors (Lipinski definition) is 3. The molecular weight excluding hydrogens is 126 g/mol. The second kappa shape index (κ2) is 2.87. The first kappa shape index (κ1) is 6.61. The number of anilines is 1. The third-order valence-corrected chi connectivity index (χ3v) is 1.21. The van der Waals surface area contributed by atoms with Crippen LogP contribution in [0.2, 0.25) is 0 Å². The van der Waals surface area contributed by atoms with Gasteiger partial charge in [0.2, 0.25) is 0 Å². The van der Waals surface area contributed by atoms with E-state index in [0.717, 1.165) is 5.56 Å². The van der Waals surface area contributed by atoms with E-state index in [4.69, 9.17) is 11.6 Å². The normalized spacial score (nSPS) is 10.4. The number of nitrogens with two attached hydrogens (primary N) is 2. The van der Waals surface area contributed by atoms with Crippen molar-refractivity contribution in [3.05, 3.63) is 29.8 Å². The first-order chi connectivity index (χ1) is 4.84. The molecule has 0 aliphatic heterocycles. The molecule has 0 saturated heterocycles. The van der Waals surface area contributed by atoms with Gasteiger partial charge in [0.25, 0.3) is 0 Å². The van der Waals surface area contributed by atoms with Gasteiger partial charge in [-0.2, -0.15) is 5.10 Å². The van der Waals surface area contributed by atoms with Crippen molar-refractivity contribution in [2.24, 2.45) is 10.9 Å². The van der Waals surface area contributed by atoms with E-state index in [1.54, 1.807) is 6.07 Å². The van der Waals surface area contributed by atoms with Crippen LogP contribution in [-0.2, 0) is 0 Å². The number of nitrogen functional groups attached to an aromatic ring is 1. The van der Waals surface area contributed by atoms with Gasteiger partial charge in [0.1, 0.15) is 0 Å². The Balaban J connectivity index is 3.03.